The molecule has 2 aromatic carbocycles. The van der Waals surface area contributed by atoms with Gasteiger partial charge in [0.15, 0.2) is 0 Å². The van der Waals surface area contributed by atoms with Crippen molar-refractivity contribution < 1.29 is 9.59 Å². The van der Waals surface area contributed by atoms with Crippen molar-refractivity contribution in [2.75, 3.05) is 23.8 Å². The molecule has 0 radical (unpaired) electrons. The fraction of sp³-hybridized carbons (Fsp3) is 0.154. The maximum atomic E-state index is 13.2. The second-order valence-corrected chi connectivity index (χ2v) is 7.81. The van der Waals surface area contributed by atoms with Crippen molar-refractivity contribution in [3.05, 3.63) is 88.6 Å². The van der Waals surface area contributed by atoms with E-state index in [4.69, 9.17) is 18.0 Å². The Morgan fingerprint density at radius 2 is 1.94 bits per heavy atom. The van der Waals surface area contributed by atoms with E-state index in [0.717, 1.165) is 23.4 Å². The van der Waals surface area contributed by atoms with Crippen LogP contribution in [0.15, 0.2) is 72.0 Å². The molecule has 1 aromatic heterocycles. The highest BCUT2D eigenvalue weighted by Crippen LogP contribution is 2.20. The molecule has 0 unspecified atom stereocenters. The van der Waals surface area contributed by atoms with Gasteiger partial charge in [-0.05, 0) is 54.4 Å². The normalized spacial score (nSPS) is 10.5. The van der Waals surface area contributed by atoms with Crippen molar-refractivity contribution in [2.24, 2.45) is 5.10 Å². The monoisotopic (exact) mass is 473 g/mol. The average molecular weight is 474 g/mol. The number of halogens is 1. The summed E-state index contributed by atoms with van der Waals surface area (Å²) in [4.78, 5) is 31.6. The van der Waals surface area contributed by atoms with Gasteiger partial charge < -0.3 is 10.3 Å². The Labute approximate surface area is 204 Å². The molecule has 0 spiro atoms. The first-order valence-electron chi connectivity index (χ1n) is 10.6. The van der Waals surface area contributed by atoms with Crippen LogP contribution < -0.4 is 10.2 Å². The van der Waals surface area contributed by atoms with Gasteiger partial charge in [0.2, 0.25) is 0 Å². The van der Waals surface area contributed by atoms with Crippen LogP contribution >= 0.6 is 11.6 Å². The minimum atomic E-state index is -0.671. The number of amides is 3. The first-order chi connectivity index (χ1) is 16.4. The molecule has 0 bridgehead atoms. The molecule has 172 valence electrons. The Balaban J connectivity index is 1.84. The summed E-state index contributed by atoms with van der Waals surface area (Å²) in [6.07, 6.45) is 9.56. The van der Waals surface area contributed by atoms with Gasteiger partial charge in [-0.3, -0.25) is 4.79 Å². The van der Waals surface area contributed by atoms with E-state index in [-0.39, 0.29) is 11.4 Å². The first kappa shape index (κ1) is 24.5. The maximum absolute atomic E-state index is 13.2. The second-order valence-electron chi connectivity index (χ2n) is 7.38. The van der Waals surface area contributed by atoms with E-state index in [0.29, 0.717) is 16.3 Å². The molecule has 3 aromatic rings. The topological polar surface area (TPSA) is 77.9 Å². The Bertz CT molecular complexity index is 1220. The van der Waals surface area contributed by atoms with Gasteiger partial charge in [-0.15, -0.1) is 6.42 Å². The first-order valence-corrected chi connectivity index (χ1v) is 11.0. The number of hydrogen-bond donors (Lipinski definition) is 1. The molecule has 0 fully saturated rings. The Kier molecular flexibility index (Phi) is 8.38. The van der Waals surface area contributed by atoms with Gasteiger partial charge in [0.05, 0.1) is 6.21 Å². The minimum absolute atomic E-state index is 0.129. The van der Waals surface area contributed by atoms with Gasteiger partial charge in [-0.1, -0.05) is 42.6 Å². The number of hydrogen-bond acceptors (Lipinski definition) is 5. The number of carbonyl (C=O) groups excluding carboxylic acids is 2. The van der Waals surface area contributed by atoms with Gasteiger partial charge in [-0.2, -0.15) is 5.10 Å². The lowest BCUT2D eigenvalue weighted by atomic mass is 10.2. The summed E-state index contributed by atoms with van der Waals surface area (Å²) < 4.78 is 0. The predicted molar refractivity (Wildman–Crippen MR) is 136 cm³/mol. The number of benzene rings is 2. The number of carbonyl (C=O) groups is 2. The Hall–Kier alpha value is -4.15. The molecule has 7 nitrogen and oxygen atoms in total. The highest BCUT2D eigenvalue weighted by Gasteiger charge is 2.26. The minimum Gasteiger partial charge on any atom is -0.307 e. The fourth-order valence-corrected chi connectivity index (χ4v) is 3.22. The van der Waals surface area contributed by atoms with Crippen LogP contribution in [0.5, 0.6) is 0 Å². The third-order valence-corrected chi connectivity index (χ3v) is 4.97. The van der Waals surface area contributed by atoms with Gasteiger partial charge in [0.25, 0.3) is 5.91 Å². The number of aromatic nitrogens is 1. The predicted octanol–water partition coefficient (Wildman–Crippen LogP) is 5.27. The molecule has 0 atom stereocenters. The van der Waals surface area contributed by atoms with Gasteiger partial charge in [-0.25, -0.2) is 14.7 Å². The van der Waals surface area contributed by atoms with E-state index in [1.807, 2.05) is 24.2 Å². The summed E-state index contributed by atoms with van der Waals surface area (Å²) in [6, 6.07) is 15.9. The van der Waals surface area contributed by atoms with E-state index in [9.17, 15) is 9.59 Å². The van der Waals surface area contributed by atoms with E-state index in [1.54, 1.807) is 42.6 Å². The summed E-state index contributed by atoms with van der Waals surface area (Å²) in [6.45, 7) is 2.94. The van der Waals surface area contributed by atoms with Crippen molar-refractivity contribution >= 4 is 41.3 Å². The number of urea groups is 1. The zero-order chi connectivity index (χ0) is 24.5. The van der Waals surface area contributed by atoms with Crippen LogP contribution in [-0.4, -0.2) is 41.7 Å². The van der Waals surface area contributed by atoms with Gasteiger partial charge in [0, 0.05) is 41.6 Å². The molecular weight excluding hydrogens is 450 g/mol. The largest absolute Gasteiger partial charge is 0.334 e. The molecule has 34 heavy (non-hydrogen) atoms. The Morgan fingerprint density at radius 1 is 1.18 bits per heavy atom. The van der Waals surface area contributed by atoms with Crippen LogP contribution in [0.3, 0.4) is 0 Å². The molecule has 0 saturated heterocycles. The van der Waals surface area contributed by atoms with Crippen molar-refractivity contribution in [3.63, 3.8) is 0 Å². The quantitative estimate of drug-likeness (QED) is 0.288. The zero-order valence-electron chi connectivity index (χ0n) is 18.9. The summed E-state index contributed by atoms with van der Waals surface area (Å²) in [5.74, 6) is 2.01. The number of terminal acetylenes is 1. The molecule has 3 amide bonds. The number of hydrazone groups is 1. The molecule has 3 rings (SSSR count). The SMILES string of the molecule is C#Cc1ccc(N(C(=O)Nc2ccc(C=NN(C)CCC)cc2)C(=O)c2cccc(Cl)c2)nc1. The fourth-order valence-electron chi connectivity index (χ4n) is 3.03. The summed E-state index contributed by atoms with van der Waals surface area (Å²) in [7, 11) is 1.91. The average Bonchev–Trinajstić information content (AvgIpc) is 2.84. The number of nitrogens with zero attached hydrogens (tertiary/aromatic N) is 4. The van der Waals surface area contributed by atoms with Crippen molar-refractivity contribution in [3.8, 4) is 12.3 Å². The van der Waals surface area contributed by atoms with Crippen molar-refractivity contribution in [1.82, 2.24) is 9.99 Å². The van der Waals surface area contributed by atoms with Crippen LogP contribution in [0.1, 0.15) is 34.8 Å². The molecule has 0 aliphatic carbocycles. The number of rotatable bonds is 7. The number of nitrogens with one attached hydrogen (secondary N) is 1. The molecule has 8 heteroatoms. The van der Waals surface area contributed by atoms with Crippen molar-refractivity contribution in [2.45, 2.75) is 13.3 Å². The van der Waals surface area contributed by atoms with Crippen LogP contribution in [0.25, 0.3) is 0 Å². The van der Waals surface area contributed by atoms with E-state index in [1.165, 1.54) is 18.3 Å². The van der Waals surface area contributed by atoms with Crippen molar-refractivity contribution in [1.29, 1.82) is 0 Å². The van der Waals surface area contributed by atoms with Gasteiger partial charge in [0.1, 0.15) is 5.82 Å². The van der Waals surface area contributed by atoms with E-state index < -0.39 is 11.9 Å². The summed E-state index contributed by atoms with van der Waals surface area (Å²) >= 11 is 6.04. The smallest absolute Gasteiger partial charge is 0.307 e. The van der Waals surface area contributed by atoms with Crippen LogP contribution in [0, 0.1) is 12.3 Å². The zero-order valence-corrected chi connectivity index (χ0v) is 19.7. The second kappa shape index (κ2) is 11.6. The third kappa shape index (κ3) is 6.44. The van der Waals surface area contributed by atoms with E-state index in [2.05, 4.69) is 28.2 Å². The molecule has 0 saturated carbocycles. The van der Waals surface area contributed by atoms with Crippen LogP contribution in [0.4, 0.5) is 16.3 Å². The molecular formula is C26H24ClN5O2. The lowest BCUT2D eigenvalue weighted by Gasteiger charge is -2.21. The molecule has 0 aliphatic heterocycles. The number of imide groups is 1. The van der Waals surface area contributed by atoms with Crippen LogP contribution in [-0.2, 0) is 0 Å². The summed E-state index contributed by atoms with van der Waals surface area (Å²) in [5.41, 5.74) is 2.15. The highest BCUT2D eigenvalue weighted by molar-refractivity contribution is 6.31. The summed E-state index contributed by atoms with van der Waals surface area (Å²) in [5, 5.41) is 9.33. The highest BCUT2D eigenvalue weighted by atomic mass is 35.5. The lowest BCUT2D eigenvalue weighted by Crippen LogP contribution is -2.40. The van der Waals surface area contributed by atoms with E-state index >= 15 is 0 Å². The standard InChI is InChI=1S/C26H24ClN5O2/c1-4-15-31(3)29-18-20-9-12-23(13-10-20)30-26(34)32(24-14-11-19(5-2)17-28-24)25(33)21-7-6-8-22(27)16-21/h2,6-14,16-18H,4,15H2,1,3H3,(H,30,34). The molecule has 0 aliphatic rings. The number of pyridine rings is 1. The Morgan fingerprint density at radius 3 is 2.56 bits per heavy atom. The lowest BCUT2D eigenvalue weighted by molar-refractivity contribution is 0.0995. The molecule has 1 heterocycles. The maximum Gasteiger partial charge on any atom is 0.334 e. The van der Waals surface area contributed by atoms with Gasteiger partial charge >= 0.3 is 6.03 Å². The molecule has 1 N–H and O–H groups in total. The number of anilines is 2. The van der Waals surface area contributed by atoms with Crippen LogP contribution in [0.2, 0.25) is 5.02 Å². The third-order valence-electron chi connectivity index (χ3n) is 4.73.